The molecular formula is C20H26N4O. The predicted octanol–water partition coefficient (Wildman–Crippen LogP) is 2.18. The van der Waals surface area contributed by atoms with Gasteiger partial charge in [0, 0.05) is 51.9 Å². The Kier molecular flexibility index (Phi) is 4.34. The lowest BCUT2D eigenvalue weighted by molar-refractivity contribution is -0.134. The summed E-state index contributed by atoms with van der Waals surface area (Å²) >= 11 is 0. The van der Waals surface area contributed by atoms with Crippen LogP contribution in [-0.4, -0.2) is 51.7 Å². The number of aromatic nitrogens is 2. The molecule has 1 amide bonds. The first-order valence-corrected chi connectivity index (χ1v) is 9.16. The zero-order valence-electron chi connectivity index (χ0n) is 15.1. The van der Waals surface area contributed by atoms with Crippen LogP contribution < -0.4 is 0 Å². The first-order chi connectivity index (χ1) is 12.1. The lowest BCUT2D eigenvalue weighted by Gasteiger charge is -2.35. The third kappa shape index (κ3) is 3.47. The Morgan fingerprint density at radius 3 is 2.64 bits per heavy atom. The number of amides is 1. The first kappa shape index (κ1) is 16.3. The molecule has 1 saturated carbocycles. The minimum absolute atomic E-state index is 0.173. The van der Waals surface area contributed by atoms with Gasteiger partial charge in [-0.3, -0.25) is 14.4 Å². The summed E-state index contributed by atoms with van der Waals surface area (Å²) in [7, 11) is 1.93. The summed E-state index contributed by atoms with van der Waals surface area (Å²) in [4.78, 5) is 17.3. The molecule has 2 heterocycles. The van der Waals surface area contributed by atoms with Crippen LogP contribution in [0.5, 0.6) is 0 Å². The number of rotatable bonds is 4. The minimum atomic E-state index is 0.173. The maximum absolute atomic E-state index is 12.8. The van der Waals surface area contributed by atoms with Crippen molar-refractivity contribution in [1.82, 2.24) is 19.6 Å². The van der Waals surface area contributed by atoms with Crippen molar-refractivity contribution in [2.45, 2.75) is 25.8 Å². The molecule has 1 aromatic heterocycles. The molecule has 25 heavy (non-hydrogen) atoms. The highest BCUT2D eigenvalue weighted by Crippen LogP contribution is 2.48. The number of hydrogen-bond donors (Lipinski definition) is 0. The van der Waals surface area contributed by atoms with E-state index in [-0.39, 0.29) is 5.92 Å². The average Bonchev–Trinajstić information content (AvgIpc) is 3.31. The van der Waals surface area contributed by atoms with Gasteiger partial charge < -0.3 is 4.90 Å². The van der Waals surface area contributed by atoms with Crippen LogP contribution in [-0.2, 0) is 18.4 Å². The molecule has 0 unspecified atom stereocenters. The number of carbonyl (C=O) groups excluding carboxylic acids is 1. The van der Waals surface area contributed by atoms with E-state index in [0.717, 1.165) is 39.1 Å². The number of nitrogens with zero attached hydrogens (tertiary/aromatic N) is 4. The summed E-state index contributed by atoms with van der Waals surface area (Å²) in [6.07, 6.45) is 4.92. The van der Waals surface area contributed by atoms with Crippen LogP contribution in [0.4, 0.5) is 0 Å². The van der Waals surface area contributed by atoms with Gasteiger partial charge in [-0.05, 0) is 36.0 Å². The van der Waals surface area contributed by atoms with Gasteiger partial charge in [0.2, 0.25) is 5.91 Å². The summed E-state index contributed by atoms with van der Waals surface area (Å²) in [5, 5.41) is 4.23. The normalized spacial score (nSPS) is 23.7. The molecule has 1 saturated heterocycles. The molecule has 1 aliphatic heterocycles. The van der Waals surface area contributed by atoms with E-state index in [4.69, 9.17) is 0 Å². The molecule has 2 aliphatic rings. The summed E-state index contributed by atoms with van der Waals surface area (Å²) in [5.41, 5.74) is 3.94. The maximum Gasteiger partial charge on any atom is 0.226 e. The van der Waals surface area contributed by atoms with Crippen LogP contribution in [0, 0.1) is 12.8 Å². The van der Waals surface area contributed by atoms with Gasteiger partial charge in [-0.2, -0.15) is 5.10 Å². The molecule has 2 fully saturated rings. The van der Waals surface area contributed by atoms with E-state index in [2.05, 4.69) is 46.1 Å². The number of aryl methyl sites for hydroxylation is 2. The number of carbonyl (C=O) groups is 1. The van der Waals surface area contributed by atoms with Crippen LogP contribution in [0.2, 0.25) is 0 Å². The maximum atomic E-state index is 12.8. The quantitative estimate of drug-likeness (QED) is 0.858. The van der Waals surface area contributed by atoms with Crippen molar-refractivity contribution in [3.63, 3.8) is 0 Å². The van der Waals surface area contributed by atoms with E-state index >= 15 is 0 Å². The van der Waals surface area contributed by atoms with Crippen molar-refractivity contribution in [2.24, 2.45) is 13.0 Å². The zero-order valence-corrected chi connectivity index (χ0v) is 15.1. The monoisotopic (exact) mass is 338 g/mol. The molecule has 1 aliphatic carbocycles. The van der Waals surface area contributed by atoms with Gasteiger partial charge >= 0.3 is 0 Å². The SMILES string of the molecule is Cc1ccccc1CN1CCN(C(=O)[C@H]2C[C@H]2c2cnn(C)c2)CC1. The van der Waals surface area contributed by atoms with E-state index in [0.29, 0.717) is 11.8 Å². The fourth-order valence-electron chi connectivity index (χ4n) is 3.86. The molecular weight excluding hydrogens is 312 g/mol. The van der Waals surface area contributed by atoms with Gasteiger partial charge in [-0.15, -0.1) is 0 Å². The Hall–Kier alpha value is -2.14. The minimum Gasteiger partial charge on any atom is -0.340 e. The van der Waals surface area contributed by atoms with E-state index in [1.807, 2.05) is 24.1 Å². The Morgan fingerprint density at radius 2 is 1.96 bits per heavy atom. The molecule has 5 heteroatoms. The molecule has 2 atom stereocenters. The second-order valence-corrected chi connectivity index (χ2v) is 7.42. The highest BCUT2D eigenvalue weighted by Gasteiger charge is 2.46. The van der Waals surface area contributed by atoms with Crippen molar-refractivity contribution in [3.05, 3.63) is 53.3 Å². The predicted molar refractivity (Wildman–Crippen MR) is 97.1 cm³/mol. The van der Waals surface area contributed by atoms with Crippen molar-refractivity contribution in [3.8, 4) is 0 Å². The molecule has 2 aromatic rings. The molecule has 5 nitrogen and oxygen atoms in total. The van der Waals surface area contributed by atoms with Crippen LogP contribution >= 0.6 is 0 Å². The molecule has 0 N–H and O–H groups in total. The number of hydrogen-bond acceptors (Lipinski definition) is 3. The summed E-state index contributed by atoms with van der Waals surface area (Å²) in [6.45, 7) is 6.77. The van der Waals surface area contributed by atoms with Crippen molar-refractivity contribution < 1.29 is 4.79 Å². The van der Waals surface area contributed by atoms with E-state index in [1.54, 1.807) is 0 Å². The van der Waals surface area contributed by atoms with Gasteiger partial charge in [0.1, 0.15) is 0 Å². The smallest absolute Gasteiger partial charge is 0.226 e. The van der Waals surface area contributed by atoms with Gasteiger partial charge in [0.05, 0.1) is 6.20 Å². The van der Waals surface area contributed by atoms with Gasteiger partial charge in [0.25, 0.3) is 0 Å². The molecule has 4 rings (SSSR count). The standard InChI is InChI=1S/C20H26N4O/c1-15-5-3-4-6-16(15)14-23-7-9-24(10-8-23)20(25)19-11-18(19)17-12-21-22(2)13-17/h3-6,12-13,18-19H,7-11,14H2,1-2H3/t18-,19-/m0/s1. The van der Waals surface area contributed by atoms with Crippen LogP contribution in [0.15, 0.2) is 36.7 Å². The Labute approximate surface area is 149 Å². The average molecular weight is 338 g/mol. The lowest BCUT2D eigenvalue weighted by atomic mass is 10.1. The highest BCUT2D eigenvalue weighted by molar-refractivity contribution is 5.83. The Bertz CT molecular complexity index is 761. The summed E-state index contributed by atoms with van der Waals surface area (Å²) < 4.78 is 1.82. The molecule has 1 aromatic carbocycles. The fourth-order valence-corrected chi connectivity index (χ4v) is 3.86. The third-order valence-corrected chi connectivity index (χ3v) is 5.60. The van der Waals surface area contributed by atoms with Crippen LogP contribution in [0.1, 0.15) is 29.0 Å². The first-order valence-electron chi connectivity index (χ1n) is 9.16. The molecule has 0 spiro atoms. The summed E-state index contributed by atoms with van der Waals surface area (Å²) in [5.74, 6) is 0.891. The van der Waals surface area contributed by atoms with Crippen LogP contribution in [0.3, 0.4) is 0 Å². The van der Waals surface area contributed by atoms with Gasteiger partial charge in [0.15, 0.2) is 0 Å². The molecule has 132 valence electrons. The van der Waals surface area contributed by atoms with Crippen LogP contribution in [0.25, 0.3) is 0 Å². The topological polar surface area (TPSA) is 41.4 Å². The lowest BCUT2D eigenvalue weighted by Crippen LogP contribution is -2.48. The Balaban J connectivity index is 1.29. The third-order valence-electron chi connectivity index (χ3n) is 5.60. The second-order valence-electron chi connectivity index (χ2n) is 7.42. The van der Waals surface area contributed by atoms with E-state index in [1.165, 1.54) is 16.7 Å². The molecule has 0 radical (unpaired) electrons. The largest absolute Gasteiger partial charge is 0.340 e. The number of benzene rings is 1. The number of piperazine rings is 1. The van der Waals surface area contributed by atoms with Crippen molar-refractivity contribution in [1.29, 1.82) is 0 Å². The van der Waals surface area contributed by atoms with Gasteiger partial charge in [-0.25, -0.2) is 0 Å². The summed E-state index contributed by atoms with van der Waals surface area (Å²) in [6, 6.07) is 8.56. The Morgan fingerprint density at radius 1 is 1.20 bits per heavy atom. The van der Waals surface area contributed by atoms with Crippen molar-refractivity contribution in [2.75, 3.05) is 26.2 Å². The molecule has 0 bridgehead atoms. The second kappa shape index (κ2) is 6.64. The zero-order chi connectivity index (χ0) is 17.4. The van der Waals surface area contributed by atoms with E-state index < -0.39 is 0 Å². The highest BCUT2D eigenvalue weighted by atomic mass is 16.2. The van der Waals surface area contributed by atoms with Gasteiger partial charge in [-0.1, -0.05) is 24.3 Å². The van der Waals surface area contributed by atoms with E-state index in [9.17, 15) is 4.79 Å². The fraction of sp³-hybridized carbons (Fsp3) is 0.500. The van der Waals surface area contributed by atoms with Crippen molar-refractivity contribution >= 4 is 5.91 Å².